The molecule has 24 heavy (non-hydrogen) atoms. The van der Waals surface area contributed by atoms with E-state index in [0.29, 0.717) is 16.7 Å². The van der Waals surface area contributed by atoms with Gasteiger partial charge >= 0.3 is 0 Å². The molecule has 1 amide bonds. The van der Waals surface area contributed by atoms with Crippen molar-refractivity contribution >= 4 is 23.5 Å². The van der Waals surface area contributed by atoms with E-state index in [-0.39, 0.29) is 16.7 Å². The molecule has 0 aromatic carbocycles. The highest BCUT2D eigenvalue weighted by Gasteiger charge is 2.26. The van der Waals surface area contributed by atoms with E-state index in [0.717, 1.165) is 19.3 Å². The number of nitrogens with zero attached hydrogens (tertiary/aromatic N) is 5. The molecule has 2 aromatic heterocycles. The second kappa shape index (κ2) is 7.78. The monoisotopic (exact) mass is 352 g/mol. The molecule has 0 spiro atoms. The number of hydrogen-bond donors (Lipinski definition) is 1. The number of carbonyl (C=O) groups is 1. The van der Waals surface area contributed by atoms with Crippen molar-refractivity contribution in [3.05, 3.63) is 11.8 Å². The summed E-state index contributed by atoms with van der Waals surface area (Å²) in [5.41, 5.74) is -0.249. The summed E-state index contributed by atoms with van der Waals surface area (Å²) in [6.45, 7) is 9.94. The molecule has 0 aliphatic rings. The van der Waals surface area contributed by atoms with Crippen LogP contribution < -0.4 is 5.32 Å². The van der Waals surface area contributed by atoms with E-state index in [2.05, 4.69) is 32.9 Å². The topological polar surface area (TPSA) is 98.7 Å². The Bertz CT molecular complexity index is 676. The van der Waals surface area contributed by atoms with Crippen molar-refractivity contribution in [3.8, 4) is 0 Å². The van der Waals surface area contributed by atoms with Crippen LogP contribution in [0.25, 0.3) is 0 Å². The van der Waals surface area contributed by atoms with Gasteiger partial charge in [-0.1, -0.05) is 36.7 Å². The Hall–Kier alpha value is -1.90. The number of rotatable bonds is 7. The maximum Gasteiger partial charge on any atom is 0.239 e. The van der Waals surface area contributed by atoms with Crippen LogP contribution in [0.5, 0.6) is 0 Å². The standard InChI is InChI=1S/C15H24N6O2S/c1-6-7-8-11(13(22)16-12-9-10(2)23-18-12)24-14-17-19-20-21(14)15(3,4)5/h9,11H,6-8H2,1-5H3,(H,16,18,22). The first-order chi connectivity index (χ1) is 11.3. The van der Waals surface area contributed by atoms with Gasteiger partial charge in [-0.15, -0.1) is 5.10 Å². The molecule has 8 nitrogen and oxygen atoms in total. The Labute approximate surface area is 145 Å². The van der Waals surface area contributed by atoms with E-state index in [1.807, 2.05) is 20.8 Å². The summed E-state index contributed by atoms with van der Waals surface area (Å²) in [5, 5.41) is 18.8. The number of amides is 1. The van der Waals surface area contributed by atoms with Gasteiger partial charge in [0.05, 0.1) is 10.8 Å². The van der Waals surface area contributed by atoms with E-state index in [4.69, 9.17) is 4.52 Å². The van der Waals surface area contributed by atoms with Crippen molar-refractivity contribution in [1.82, 2.24) is 25.4 Å². The van der Waals surface area contributed by atoms with E-state index in [9.17, 15) is 4.79 Å². The van der Waals surface area contributed by atoms with Crippen LogP contribution in [0.3, 0.4) is 0 Å². The molecular formula is C15H24N6O2S. The number of nitrogens with one attached hydrogen (secondary N) is 1. The molecule has 2 heterocycles. The fraction of sp³-hybridized carbons (Fsp3) is 0.667. The molecule has 0 aliphatic heterocycles. The number of unbranched alkanes of at least 4 members (excludes halogenated alkanes) is 1. The Morgan fingerprint density at radius 2 is 2.21 bits per heavy atom. The molecule has 1 unspecified atom stereocenters. The van der Waals surface area contributed by atoms with Crippen LogP contribution in [0.1, 0.15) is 52.7 Å². The molecule has 1 N–H and O–H groups in total. The van der Waals surface area contributed by atoms with Gasteiger partial charge in [0.15, 0.2) is 5.82 Å². The van der Waals surface area contributed by atoms with Gasteiger partial charge in [0, 0.05) is 6.07 Å². The van der Waals surface area contributed by atoms with Crippen molar-refractivity contribution in [3.63, 3.8) is 0 Å². The van der Waals surface area contributed by atoms with Crippen LogP contribution in [0.2, 0.25) is 0 Å². The molecular weight excluding hydrogens is 328 g/mol. The van der Waals surface area contributed by atoms with Crippen molar-refractivity contribution in [1.29, 1.82) is 0 Å². The molecule has 0 fully saturated rings. The molecule has 2 rings (SSSR count). The summed E-state index contributed by atoms with van der Waals surface area (Å²) in [5.74, 6) is 0.958. The third-order valence-corrected chi connectivity index (χ3v) is 4.52. The lowest BCUT2D eigenvalue weighted by atomic mass is 10.1. The number of anilines is 1. The zero-order valence-corrected chi connectivity index (χ0v) is 15.6. The van der Waals surface area contributed by atoms with E-state index in [1.54, 1.807) is 17.7 Å². The number of thioether (sulfide) groups is 1. The first-order valence-corrected chi connectivity index (χ1v) is 8.89. The average molecular weight is 352 g/mol. The van der Waals surface area contributed by atoms with E-state index >= 15 is 0 Å². The van der Waals surface area contributed by atoms with Gasteiger partial charge in [0.2, 0.25) is 11.1 Å². The lowest BCUT2D eigenvalue weighted by Gasteiger charge is -2.21. The summed E-state index contributed by atoms with van der Waals surface area (Å²) in [6.07, 6.45) is 2.69. The molecule has 9 heteroatoms. The highest BCUT2D eigenvalue weighted by atomic mass is 32.2. The zero-order valence-electron chi connectivity index (χ0n) is 14.7. The largest absolute Gasteiger partial charge is 0.360 e. The third kappa shape index (κ3) is 4.80. The van der Waals surface area contributed by atoms with Crippen LogP contribution in [-0.4, -0.2) is 36.5 Å². The normalized spacial score (nSPS) is 13.0. The van der Waals surface area contributed by atoms with Gasteiger partial charge in [-0.25, -0.2) is 4.68 Å². The first-order valence-electron chi connectivity index (χ1n) is 8.01. The fourth-order valence-corrected chi connectivity index (χ4v) is 3.26. The third-order valence-electron chi connectivity index (χ3n) is 3.32. The SMILES string of the molecule is CCCCC(Sc1nnnn1C(C)(C)C)C(=O)Nc1cc(C)on1. The molecule has 132 valence electrons. The Morgan fingerprint density at radius 1 is 1.46 bits per heavy atom. The fourth-order valence-electron chi connectivity index (χ4n) is 2.07. The Morgan fingerprint density at radius 3 is 2.79 bits per heavy atom. The van der Waals surface area contributed by atoms with Crippen LogP contribution in [0, 0.1) is 6.92 Å². The number of aryl methyl sites for hydroxylation is 1. The second-order valence-corrected chi connectivity index (χ2v) is 7.77. The summed E-state index contributed by atoms with van der Waals surface area (Å²) >= 11 is 1.38. The summed E-state index contributed by atoms with van der Waals surface area (Å²) in [7, 11) is 0. The quantitative estimate of drug-likeness (QED) is 0.765. The van der Waals surface area contributed by atoms with Gasteiger partial charge in [-0.2, -0.15) is 0 Å². The van der Waals surface area contributed by atoms with Crippen LogP contribution in [0.15, 0.2) is 15.7 Å². The molecule has 0 aliphatic carbocycles. The maximum atomic E-state index is 12.6. The van der Waals surface area contributed by atoms with Crippen molar-refractivity contribution in [2.45, 2.75) is 69.8 Å². The summed E-state index contributed by atoms with van der Waals surface area (Å²) < 4.78 is 6.73. The van der Waals surface area contributed by atoms with Crippen LogP contribution in [-0.2, 0) is 10.3 Å². The number of carbonyl (C=O) groups excluding carboxylic acids is 1. The van der Waals surface area contributed by atoms with Crippen molar-refractivity contribution in [2.75, 3.05) is 5.32 Å². The number of hydrogen-bond acceptors (Lipinski definition) is 7. The lowest BCUT2D eigenvalue weighted by molar-refractivity contribution is -0.115. The van der Waals surface area contributed by atoms with Crippen molar-refractivity contribution < 1.29 is 9.32 Å². The minimum Gasteiger partial charge on any atom is -0.360 e. The molecule has 0 saturated carbocycles. The highest BCUT2D eigenvalue weighted by Crippen LogP contribution is 2.28. The lowest BCUT2D eigenvalue weighted by Crippen LogP contribution is -2.28. The average Bonchev–Trinajstić information content (AvgIpc) is 3.11. The van der Waals surface area contributed by atoms with Gasteiger partial charge in [-0.05, 0) is 44.5 Å². The van der Waals surface area contributed by atoms with E-state index < -0.39 is 0 Å². The minimum atomic E-state index is -0.297. The summed E-state index contributed by atoms with van der Waals surface area (Å²) in [6, 6.07) is 1.69. The predicted octanol–water partition coefficient (Wildman–Crippen LogP) is 3.01. The predicted molar refractivity (Wildman–Crippen MR) is 91.9 cm³/mol. The smallest absolute Gasteiger partial charge is 0.239 e. The van der Waals surface area contributed by atoms with Gasteiger partial charge in [-0.3, -0.25) is 4.79 Å². The Kier molecular flexibility index (Phi) is 5.98. The summed E-state index contributed by atoms with van der Waals surface area (Å²) in [4.78, 5) is 12.6. The first kappa shape index (κ1) is 18.4. The molecule has 2 aromatic rings. The van der Waals surface area contributed by atoms with Gasteiger partial charge < -0.3 is 9.84 Å². The highest BCUT2D eigenvalue weighted by molar-refractivity contribution is 8.00. The van der Waals surface area contributed by atoms with Crippen molar-refractivity contribution in [2.24, 2.45) is 0 Å². The van der Waals surface area contributed by atoms with Crippen LogP contribution in [0.4, 0.5) is 5.82 Å². The molecule has 1 atom stereocenters. The zero-order chi connectivity index (χ0) is 17.7. The maximum absolute atomic E-state index is 12.6. The molecule has 0 bridgehead atoms. The molecule has 0 radical (unpaired) electrons. The van der Waals surface area contributed by atoms with Gasteiger partial charge in [0.25, 0.3) is 0 Å². The number of tetrazole rings is 1. The minimum absolute atomic E-state index is 0.120. The van der Waals surface area contributed by atoms with E-state index in [1.165, 1.54) is 11.8 Å². The second-order valence-electron chi connectivity index (χ2n) is 6.60. The van der Waals surface area contributed by atoms with Crippen LogP contribution >= 0.6 is 11.8 Å². The van der Waals surface area contributed by atoms with Gasteiger partial charge in [0.1, 0.15) is 5.76 Å². The Balaban J connectivity index is 2.13. The molecule has 0 saturated heterocycles. The number of aromatic nitrogens is 5.